The first-order valence-corrected chi connectivity index (χ1v) is 7.59. The van der Waals surface area contributed by atoms with Crippen LogP contribution in [0.2, 0.25) is 0 Å². The fourth-order valence-electron chi connectivity index (χ4n) is 2.18. The lowest BCUT2D eigenvalue weighted by Gasteiger charge is -2.37. The molecule has 1 aromatic carbocycles. The Morgan fingerprint density at radius 3 is 2.55 bits per heavy atom. The summed E-state index contributed by atoms with van der Waals surface area (Å²) in [6, 6.07) is 4.88. The lowest BCUT2D eigenvalue weighted by molar-refractivity contribution is 0.174. The summed E-state index contributed by atoms with van der Waals surface area (Å²) in [6.45, 7) is 1.54. The van der Waals surface area contributed by atoms with E-state index in [2.05, 4.69) is 10.3 Å². The van der Waals surface area contributed by atoms with Crippen LogP contribution in [0.5, 0.6) is 0 Å². The predicted octanol–water partition coefficient (Wildman–Crippen LogP) is 0.738. The summed E-state index contributed by atoms with van der Waals surface area (Å²) < 4.78 is 40.4. The highest BCUT2D eigenvalue weighted by Gasteiger charge is 2.36. The van der Waals surface area contributed by atoms with Crippen molar-refractivity contribution in [3.8, 4) is 0 Å². The third-order valence-electron chi connectivity index (χ3n) is 3.29. The van der Waals surface area contributed by atoms with E-state index < -0.39 is 15.8 Å². The summed E-state index contributed by atoms with van der Waals surface area (Å²) in [5.74, 6) is -0.219. The van der Waals surface area contributed by atoms with Crippen molar-refractivity contribution in [3.63, 3.8) is 0 Å². The number of sulfonamides is 1. The summed E-state index contributed by atoms with van der Waals surface area (Å²) in [7, 11) is -3.51. The Morgan fingerprint density at radius 2 is 1.95 bits per heavy atom. The van der Waals surface area contributed by atoms with E-state index in [1.54, 1.807) is 17.1 Å². The van der Waals surface area contributed by atoms with Crippen LogP contribution in [0.4, 0.5) is 4.39 Å². The second-order valence-electron chi connectivity index (χ2n) is 4.77. The molecule has 6 nitrogen and oxygen atoms in total. The Morgan fingerprint density at radius 1 is 1.25 bits per heavy atom. The zero-order valence-electron chi connectivity index (χ0n) is 10.6. The Hall–Kier alpha value is -1.80. The molecule has 0 unspecified atom stereocenters. The summed E-state index contributed by atoms with van der Waals surface area (Å²) in [5, 5.41) is 7.55. The molecule has 1 aliphatic heterocycles. The van der Waals surface area contributed by atoms with E-state index in [4.69, 9.17) is 0 Å². The molecule has 1 aromatic heterocycles. The molecule has 3 rings (SSSR count). The van der Waals surface area contributed by atoms with Gasteiger partial charge >= 0.3 is 0 Å². The molecule has 0 spiro atoms. The van der Waals surface area contributed by atoms with Crippen LogP contribution < -0.4 is 0 Å². The van der Waals surface area contributed by atoms with E-state index in [1.165, 1.54) is 16.4 Å². The third kappa shape index (κ3) is 2.44. The van der Waals surface area contributed by atoms with Crippen molar-refractivity contribution >= 4 is 10.0 Å². The van der Waals surface area contributed by atoms with Crippen molar-refractivity contribution < 1.29 is 12.8 Å². The van der Waals surface area contributed by atoms with Crippen LogP contribution in [-0.2, 0) is 16.6 Å². The van der Waals surface area contributed by atoms with Crippen LogP contribution in [-0.4, -0.2) is 40.8 Å². The molecule has 106 valence electrons. The van der Waals surface area contributed by atoms with Gasteiger partial charge < -0.3 is 0 Å². The van der Waals surface area contributed by atoms with Gasteiger partial charge in [-0.25, -0.2) is 12.8 Å². The van der Waals surface area contributed by atoms with Gasteiger partial charge in [0, 0.05) is 31.7 Å². The number of aromatic nitrogens is 3. The van der Waals surface area contributed by atoms with Gasteiger partial charge in [0.15, 0.2) is 0 Å². The molecular formula is C12H13FN4O2S. The maximum absolute atomic E-state index is 12.8. The molecule has 0 amide bonds. The topological polar surface area (TPSA) is 68.1 Å². The quantitative estimate of drug-likeness (QED) is 0.834. The van der Waals surface area contributed by atoms with E-state index in [9.17, 15) is 12.8 Å². The summed E-state index contributed by atoms with van der Waals surface area (Å²) in [6.07, 6.45) is 3.34. The summed E-state index contributed by atoms with van der Waals surface area (Å²) >= 11 is 0. The standard InChI is InChI=1S/C12H13FN4O2S/c13-11-1-3-12(4-2-11)20(18,19)17-8-10(9-17)7-16-6-5-14-15-16/h1-6,10H,7-9H2. The fourth-order valence-corrected chi connectivity index (χ4v) is 3.78. The molecule has 0 saturated carbocycles. The minimum atomic E-state index is -3.51. The smallest absolute Gasteiger partial charge is 0.243 e. The van der Waals surface area contributed by atoms with Gasteiger partial charge in [-0.2, -0.15) is 4.31 Å². The molecular weight excluding hydrogens is 283 g/mol. The molecule has 1 saturated heterocycles. The maximum atomic E-state index is 12.8. The second kappa shape index (κ2) is 4.95. The number of rotatable bonds is 4. The summed E-state index contributed by atoms with van der Waals surface area (Å²) in [4.78, 5) is 0.123. The van der Waals surface area contributed by atoms with Crippen molar-refractivity contribution in [2.45, 2.75) is 11.4 Å². The van der Waals surface area contributed by atoms with Gasteiger partial charge in [-0.05, 0) is 24.3 Å². The number of hydrogen-bond acceptors (Lipinski definition) is 4. The number of halogens is 1. The molecule has 2 aromatic rings. The molecule has 1 fully saturated rings. The van der Waals surface area contributed by atoms with Crippen LogP contribution in [0.3, 0.4) is 0 Å². The molecule has 0 N–H and O–H groups in total. The van der Waals surface area contributed by atoms with E-state index in [0.717, 1.165) is 12.1 Å². The van der Waals surface area contributed by atoms with Crippen molar-refractivity contribution in [2.75, 3.05) is 13.1 Å². The molecule has 0 aliphatic carbocycles. The monoisotopic (exact) mass is 296 g/mol. The van der Waals surface area contributed by atoms with Crippen LogP contribution >= 0.6 is 0 Å². The fraction of sp³-hybridized carbons (Fsp3) is 0.333. The minimum absolute atomic E-state index is 0.123. The predicted molar refractivity (Wildman–Crippen MR) is 68.7 cm³/mol. The zero-order valence-corrected chi connectivity index (χ0v) is 11.4. The van der Waals surface area contributed by atoms with Gasteiger partial charge in [-0.1, -0.05) is 5.21 Å². The highest BCUT2D eigenvalue weighted by Crippen LogP contribution is 2.25. The molecule has 8 heteroatoms. The van der Waals surface area contributed by atoms with E-state index >= 15 is 0 Å². The SMILES string of the molecule is O=S(=O)(c1ccc(F)cc1)N1CC(Cn2ccnn2)C1. The Balaban J connectivity index is 1.65. The van der Waals surface area contributed by atoms with Gasteiger partial charge in [0.2, 0.25) is 10.0 Å². The van der Waals surface area contributed by atoms with Gasteiger partial charge in [0.25, 0.3) is 0 Å². The first kappa shape index (κ1) is 13.2. The van der Waals surface area contributed by atoms with Crippen LogP contribution in [0.25, 0.3) is 0 Å². The highest BCUT2D eigenvalue weighted by atomic mass is 32.2. The van der Waals surface area contributed by atoms with Gasteiger partial charge in [0.1, 0.15) is 5.82 Å². The Bertz CT molecular complexity index is 679. The third-order valence-corrected chi connectivity index (χ3v) is 5.14. The molecule has 20 heavy (non-hydrogen) atoms. The number of hydrogen-bond donors (Lipinski definition) is 0. The van der Waals surface area contributed by atoms with Crippen molar-refractivity contribution in [2.24, 2.45) is 5.92 Å². The second-order valence-corrected chi connectivity index (χ2v) is 6.70. The Labute approximate surface area is 115 Å². The van der Waals surface area contributed by atoms with E-state index in [0.29, 0.717) is 19.6 Å². The van der Waals surface area contributed by atoms with Crippen LogP contribution in [0.15, 0.2) is 41.6 Å². The average Bonchev–Trinajstić information content (AvgIpc) is 2.86. The van der Waals surface area contributed by atoms with Crippen molar-refractivity contribution in [1.29, 1.82) is 0 Å². The van der Waals surface area contributed by atoms with E-state index in [1.807, 2.05) is 0 Å². The lowest BCUT2D eigenvalue weighted by Crippen LogP contribution is -2.51. The lowest BCUT2D eigenvalue weighted by atomic mass is 10.0. The van der Waals surface area contributed by atoms with Crippen molar-refractivity contribution in [1.82, 2.24) is 19.3 Å². The summed E-state index contributed by atoms with van der Waals surface area (Å²) in [5.41, 5.74) is 0. The first-order chi connectivity index (χ1) is 9.55. The minimum Gasteiger partial charge on any atom is -0.252 e. The molecule has 0 bridgehead atoms. The molecule has 2 heterocycles. The zero-order chi connectivity index (χ0) is 14.2. The average molecular weight is 296 g/mol. The largest absolute Gasteiger partial charge is 0.252 e. The molecule has 0 atom stereocenters. The van der Waals surface area contributed by atoms with Crippen LogP contribution in [0, 0.1) is 11.7 Å². The molecule has 1 aliphatic rings. The van der Waals surface area contributed by atoms with Gasteiger partial charge in [-0.3, -0.25) is 4.68 Å². The van der Waals surface area contributed by atoms with Crippen molar-refractivity contribution in [3.05, 3.63) is 42.5 Å². The van der Waals surface area contributed by atoms with Gasteiger partial charge in [0.05, 0.1) is 11.1 Å². The highest BCUT2D eigenvalue weighted by molar-refractivity contribution is 7.89. The molecule has 0 radical (unpaired) electrons. The normalized spacial score (nSPS) is 17.1. The van der Waals surface area contributed by atoms with Gasteiger partial charge in [-0.15, -0.1) is 5.10 Å². The first-order valence-electron chi connectivity index (χ1n) is 6.15. The van der Waals surface area contributed by atoms with E-state index in [-0.39, 0.29) is 10.8 Å². The number of benzene rings is 1. The Kier molecular flexibility index (Phi) is 3.27. The number of nitrogens with zero attached hydrogens (tertiary/aromatic N) is 4. The van der Waals surface area contributed by atoms with Crippen LogP contribution in [0.1, 0.15) is 0 Å². The maximum Gasteiger partial charge on any atom is 0.243 e.